The van der Waals surface area contributed by atoms with E-state index in [1.165, 1.54) is 25.7 Å². The smallest absolute Gasteiger partial charge is 0.224 e. The monoisotopic (exact) mass is 330 g/mol. The molecule has 1 fully saturated rings. The molecule has 2 rings (SSSR count). The van der Waals surface area contributed by atoms with E-state index in [1.807, 2.05) is 0 Å². The zero-order valence-corrected chi connectivity index (χ0v) is 12.4. The summed E-state index contributed by atoms with van der Waals surface area (Å²) < 4.78 is 0.692. The summed E-state index contributed by atoms with van der Waals surface area (Å²) in [5.41, 5.74) is 0.683. The second-order valence-electron chi connectivity index (χ2n) is 4.73. The van der Waals surface area contributed by atoms with Crippen LogP contribution in [0, 0.1) is 5.92 Å². The van der Waals surface area contributed by atoms with Gasteiger partial charge in [-0.15, -0.1) is 0 Å². The van der Waals surface area contributed by atoms with Gasteiger partial charge >= 0.3 is 0 Å². The van der Waals surface area contributed by atoms with Crippen LogP contribution < -0.4 is 5.32 Å². The highest BCUT2D eigenvalue weighted by molar-refractivity contribution is 9.10. The fraction of sp³-hybridized carbons (Fsp3) is 0.538. The van der Waals surface area contributed by atoms with Crippen molar-refractivity contribution in [1.29, 1.82) is 0 Å². The Hall–Kier alpha value is -0.610. The number of aromatic nitrogens is 1. The van der Waals surface area contributed by atoms with Crippen LogP contribution in [0.25, 0.3) is 0 Å². The van der Waals surface area contributed by atoms with Crippen LogP contribution in [0.15, 0.2) is 16.7 Å². The number of carbonyl (C=O) groups excluding carboxylic acids is 1. The Bertz CT molecular complexity index is 433. The average Bonchev–Trinajstić information content (AvgIpc) is 2.84. The van der Waals surface area contributed by atoms with Crippen molar-refractivity contribution in [3.8, 4) is 0 Å². The molecular formula is C13H16BrClN2O. The first kappa shape index (κ1) is 13.8. The van der Waals surface area contributed by atoms with E-state index < -0.39 is 0 Å². The number of pyridine rings is 1. The molecule has 1 aromatic heterocycles. The molecule has 0 radical (unpaired) electrons. The van der Waals surface area contributed by atoms with E-state index in [-0.39, 0.29) is 5.91 Å². The molecule has 3 nitrogen and oxygen atoms in total. The van der Waals surface area contributed by atoms with Gasteiger partial charge in [-0.3, -0.25) is 4.79 Å². The van der Waals surface area contributed by atoms with E-state index in [1.54, 1.807) is 12.3 Å². The Kier molecular flexibility index (Phi) is 5.01. The predicted molar refractivity (Wildman–Crippen MR) is 76.8 cm³/mol. The third kappa shape index (κ3) is 3.95. The van der Waals surface area contributed by atoms with Crippen LogP contribution in [0.1, 0.15) is 38.5 Å². The lowest BCUT2D eigenvalue weighted by Crippen LogP contribution is -2.12. The van der Waals surface area contributed by atoms with Crippen molar-refractivity contribution in [2.45, 2.75) is 38.5 Å². The van der Waals surface area contributed by atoms with Gasteiger partial charge in [0.05, 0.1) is 16.4 Å². The number of carbonyl (C=O) groups is 1. The standard InChI is InChI=1S/C13H16BrClN2O/c14-11-7-10(8-16-13(11)15)17-12(18)6-5-9-3-1-2-4-9/h7-9H,1-6H2,(H,17,18). The first-order valence-electron chi connectivity index (χ1n) is 6.26. The summed E-state index contributed by atoms with van der Waals surface area (Å²) in [6.07, 6.45) is 8.35. The highest BCUT2D eigenvalue weighted by atomic mass is 79.9. The zero-order valence-electron chi connectivity index (χ0n) is 10.1. The van der Waals surface area contributed by atoms with Crippen molar-refractivity contribution in [3.63, 3.8) is 0 Å². The number of hydrogen-bond donors (Lipinski definition) is 1. The molecule has 0 atom stereocenters. The summed E-state index contributed by atoms with van der Waals surface area (Å²) in [4.78, 5) is 15.8. The first-order valence-corrected chi connectivity index (χ1v) is 7.43. The third-order valence-corrected chi connectivity index (χ3v) is 4.47. The van der Waals surface area contributed by atoms with Gasteiger partial charge in [-0.05, 0) is 34.3 Å². The lowest BCUT2D eigenvalue weighted by Gasteiger charge is -2.09. The lowest BCUT2D eigenvalue weighted by molar-refractivity contribution is -0.116. The largest absolute Gasteiger partial charge is 0.325 e. The molecular weight excluding hydrogens is 316 g/mol. The molecule has 1 aromatic rings. The minimum atomic E-state index is 0.0536. The van der Waals surface area contributed by atoms with Gasteiger partial charge < -0.3 is 5.32 Å². The summed E-state index contributed by atoms with van der Waals surface area (Å²) in [5, 5.41) is 3.25. The minimum Gasteiger partial charge on any atom is -0.325 e. The van der Waals surface area contributed by atoms with Gasteiger partial charge in [0.1, 0.15) is 5.15 Å². The quantitative estimate of drug-likeness (QED) is 0.831. The van der Waals surface area contributed by atoms with Crippen LogP contribution in [0.3, 0.4) is 0 Å². The van der Waals surface area contributed by atoms with Crippen LogP contribution in [-0.4, -0.2) is 10.9 Å². The third-order valence-electron chi connectivity index (χ3n) is 3.33. The number of nitrogens with one attached hydrogen (secondary N) is 1. The van der Waals surface area contributed by atoms with E-state index in [2.05, 4.69) is 26.2 Å². The predicted octanol–water partition coefficient (Wildman–Crippen LogP) is 4.41. The molecule has 1 N–H and O–H groups in total. The fourth-order valence-corrected chi connectivity index (χ4v) is 2.80. The Morgan fingerprint density at radius 3 is 2.89 bits per heavy atom. The summed E-state index contributed by atoms with van der Waals surface area (Å²) in [6.45, 7) is 0. The van der Waals surface area contributed by atoms with Gasteiger partial charge in [0.25, 0.3) is 0 Å². The Morgan fingerprint density at radius 2 is 2.22 bits per heavy atom. The van der Waals surface area contributed by atoms with Gasteiger partial charge in [0.15, 0.2) is 0 Å². The van der Waals surface area contributed by atoms with Crippen molar-refractivity contribution < 1.29 is 4.79 Å². The summed E-state index contributed by atoms with van der Waals surface area (Å²) >= 11 is 9.08. The van der Waals surface area contributed by atoms with E-state index in [9.17, 15) is 4.79 Å². The molecule has 98 valence electrons. The van der Waals surface area contributed by atoms with E-state index in [0.717, 1.165) is 12.3 Å². The minimum absolute atomic E-state index is 0.0536. The molecule has 18 heavy (non-hydrogen) atoms. The molecule has 0 unspecified atom stereocenters. The number of hydrogen-bond acceptors (Lipinski definition) is 2. The molecule has 0 spiro atoms. The maximum Gasteiger partial charge on any atom is 0.224 e. The molecule has 0 bridgehead atoms. The maximum absolute atomic E-state index is 11.8. The molecule has 5 heteroatoms. The van der Waals surface area contributed by atoms with Crippen LogP contribution in [0.4, 0.5) is 5.69 Å². The van der Waals surface area contributed by atoms with E-state index in [0.29, 0.717) is 21.7 Å². The maximum atomic E-state index is 11.8. The number of rotatable bonds is 4. The van der Waals surface area contributed by atoms with Crippen LogP contribution in [-0.2, 0) is 4.79 Å². The topological polar surface area (TPSA) is 42.0 Å². The van der Waals surface area contributed by atoms with Gasteiger partial charge in [-0.25, -0.2) is 4.98 Å². The van der Waals surface area contributed by atoms with Crippen LogP contribution in [0.2, 0.25) is 5.15 Å². The Morgan fingerprint density at radius 1 is 1.50 bits per heavy atom. The summed E-state index contributed by atoms with van der Waals surface area (Å²) in [7, 11) is 0. The SMILES string of the molecule is O=C(CCC1CCCC1)Nc1cnc(Cl)c(Br)c1. The molecule has 1 heterocycles. The molecule has 0 saturated heterocycles. The van der Waals surface area contributed by atoms with Crippen LogP contribution >= 0.6 is 27.5 Å². The average molecular weight is 332 g/mol. The molecule has 0 aliphatic heterocycles. The highest BCUT2D eigenvalue weighted by Gasteiger charge is 2.16. The number of nitrogens with zero attached hydrogens (tertiary/aromatic N) is 1. The van der Waals surface area contributed by atoms with Gasteiger partial charge in [-0.1, -0.05) is 37.3 Å². The van der Waals surface area contributed by atoms with Gasteiger partial charge in [-0.2, -0.15) is 0 Å². The molecule has 1 aliphatic rings. The van der Waals surface area contributed by atoms with Crippen molar-refractivity contribution in [2.24, 2.45) is 5.92 Å². The molecule has 0 aromatic carbocycles. The molecule has 1 aliphatic carbocycles. The second-order valence-corrected chi connectivity index (χ2v) is 5.95. The molecule has 1 amide bonds. The molecule has 1 saturated carbocycles. The lowest BCUT2D eigenvalue weighted by atomic mass is 10.0. The summed E-state index contributed by atoms with van der Waals surface area (Å²) in [6, 6.07) is 1.77. The van der Waals surface area contributed by atoms with Crippen LogP contribution in [0.5, 0.6) is 0 Å². The van der Waals surface area contributed by atoms with E-state index >= 15 is 0 Å². The number of anilines is 1. The van der Waals surface area contributed by atoms with Gasteiger partial charge in [0, 0.05) is 6.42 Å². The fourth-order valence-electron chi connectivity index (χ4n) is 2.35. The van der Waals surface area contributed by atoms with Crippen molar-refractivity contribution in [3.05, 3.63) is 21.9 Å². The zero-order chi connectivity index (χ0) is 13.0. The second kappa shape index (κ2) is 6.53. The number of halogens is 2. The normalized spacial score (nSPS) is 15.9. The van der Waals surface area contributed by atoms with E-state index in [4.69, 9.17) is 11.6 Å². The van der Waals surface area contributed by atoms with Crippen molar-refractivity contribution in [1.82, 2.24) is 4.98 Å². The number of amides is 1. The Labute approximate surface area is 120 Å². The highest BCUT2D eigenvalue weighted by Crippen LogP contribution is 2.28. The summed E-state index contributed by atoms with van der Waals surface area (Å²) in [5.74, 6) is 0.795. The first-order chi connectivity index (χ1) is 8.65. The van der Waals surface area contributed by atoms with Crippen molar-refractivity contribution in [2.75, 3.05) is 5.32 Å². The van der Waals surface area contributed by atoms with Gasteiger partial charge in [0.2, 0.25) is 5.91 Å². The Balaban J connectivity index is 1.80. The van der Waals surface area contributed by atoms with Crippen molar-refractivity contribution >= 4 is 39.1 Å².